The van der Waals surface area contributed by atoms with Crippen LogP contribution >= 0.6 is 0 Å². The summed E-state index contributed by atoms with van der Waals surface area (Å²) in [4.78, 5) is 57.5. The largest absolute Gasteiger partial charge is 0.347 e. The number of rotatable bonds is 7. The lowest BCUT2D eigenvalue weighted by Crippen LogP contribution is -2.61. The highest BCUT2D eigenvalue weighted by Gasteiger charge is 2.46. The van der Waals surface area contributed by atoms with Gasteiger partial charge in [-0.1, -0.05) is 50.2 Å². The van der Waals surface area contributed by atoms with Crippen LogP contribution in [0.4, 0.5) is 4.39 Å². The summed E-state index contributed by atoms with van der Waals surface area (Å²) in [5.41, 5.74) is 3.07. The summed E-state index contributed by atoms with van der Waals surface area (Å²) in [6.45, 7) is 4.13. The molecule has 0 radical (unpaired) electrons. The fourth-order valence-corrected chi connectivity index (χ4v) is 6.53. The third kappa shape index (κ3) is 6.50. The van der Waals surface area contributed by atoms with E-state index in [0.29, 0.717) is 37.8 Å². The minimum atomic E-state index is -0.963. The average Bonchev–Trinajstić information content (AvgIpc) is 3.42. The number of halogens is 1. The Hall–Kier alpha value is -3.75. The first-order chi connectivity index (χ1) is 20.2. The highest BCUT2D eigenvalue weighted by Crippen LogP contribution is 2.33. The first kappa shape index (κ1) is 29.7. The smallest absolute Gasteiger partial charge is 0.247 e. The van der Waals surface area contributed by atoms with Crippen molar-refractivity contribution in [3.63, 3.8) is 0 Å². The Bertz CT molecular complexity index is 1320. The molecule has 224 valence electrons. The van der Waals surface area contributed by atoms with Crippen molar-refractivity contribution in [2.75, 3.05) is 13.1 Å². The first-order valence-electron chi connectivity index (χ1n) is 15.3. The van der Waals surface area contributed by atoms with Gasteiger partial charge in [0.25, 0.3) is 0 Å². The number of amides is 4. The summed E-state index contributed by atoms with van der Waals surface area (Å²) in [7, 11) is 0. The number of nitrogens with one attached hydrogen (secondary N) is 2. The van der Waals surface area contributed by atoms with Gasteiger partial charge in [0, 0.05) is 25.0 Å². The van der Waals surface area contributed by atoms with Gasteiger partial charge in [-0.3, -0.25) is 19.2 Å². The molecule has 2 aliphatic heterocycles. The summed E-state index contributed by atoms with van der Waals surface area (Å²) in [6.07, 6.45) is 5.25. The van der Waals surface area contributed by atoms with Gasteiger partial charge < -0.3 is 20.4 Å². The lowest BCUT2D eigenvalue weighted by molar-refractivity contribution is -0.147. The molecule has 1 aliphatic carbocycles. The van der Waals surface area contributed by atoms with Crippen LogP contribution in [0.1, 0.15) is 75.1 Å². The van der Waals surface area contributed by atoms with Gasteiger partial charge in [-0.15, -0.1) is 0 Å². The van der Waals surface area contributed by atoms with E-state index in [4.69, 9.17) is 0 Å². The molecule has 2 heterocycles. The monoisotopic (exact) mass is 576 g/mol. The predicted molar refractivity (Wildman–Crippen MR) is 157 cm³/mol. The molecule has 0 aromatic heterocycles. The van der Waals surface area contributed by atoms with Crippen LogP contribution in [-0.4, -0.2) is 64.6 Å². The zero-order valence-electron chi connectivity index (χ0n) is 24.5. The molecule has 2 aromatic carbocycles. The summed E-state index contributed by atoms with van der Waals surface area (Å²) in [6, 6.07) is 12.1. The van der Waals surface area contributed by atoms with Gasteiger partial charge in [0.1, 0.15) is 17.9 Å². The van der Waals surface area contributed by atoms with Gasteiger partial charge in [-0.05, 0) is 73.8 Å². The minimum absolute atomic E-state index is 0.0224. The van der Waals surface area contributed by atoms with Crippen LogP contribution in [0.2, 0.25) is 0 Å². The number of benzene rings is 2. The Kier molecular flexibility index (Phi) is 9.24. The maximum atomic E-state index is 14.1. The van der Waals surface area contributed by atoms with Gasteiger partial charge in [-0.25, -0.2) is 4.39 Å². The fourth-order valence-electron chi connectivity index (χ4n) is 6.53. The van der Waals surface area contributed by atoms with Gasteiger partial charge in [0.2, 0.25) is 23.6 Å². The van der Waals surface area contributed by atoms with Crippen LogP contribution in [0.5, 0.6) is 0 Å². The summed E-state index contributed by atoms with van der Waals surface area (Å²) in [5.74, 6) is -1.59. The Balaban J connectivity index is 1.35. The molecule has 5 rings (SSSR count). The zero-order chi connectivity index (χ0) is 29.8. The molecular formula is C33H41FN4O4. The number of hydrogen-bond acceptors (Lipinski definition) is 4. The average molecular weight is 577 g/mol. The number of hydrogen-bond donors (Lipinski definition) is 2. The number of nitrogens with zero attached hydrogens (tertiary/aromatic N) is 2. The van der Waals surface area contributed by atoms with Gasteiger partial charge in [-0.2, -0.15) is 0 Å². The van der Waals surface area contributed by atoms with Gasteiger partial charge in [0.15, 0.2) is 0 Å². The molecule has 0 bridgehead atoms. The third-order valence-electron chi connectivity index (χ3n) is 9.18. The van der Waals surface area contributed by atoms with Crippen LogP contribution in [0, 0.1) is 11.7 Å². The summed E-state index contributed by atoms with van der Waals surface area (Å²) < 4.78 is 13.4. The van der Waals surface area contributed by atoms with Crippen molar-refractivity contribution >= 4 is 23.6 Å². The fraction of sp³-hybridized carbons (Fsp3) is 0.515. The van der Waals surface area contributed by atoms with Gasteiger partial charge >= 0.3 is 0 Å². The standard InChI is InChI=1S/C33H41FN4O4/c1-3-21(2)31(40)36-28-20-37(30(39)19-22-11-13-24(34)14-12-22)18-17-25-15-16-29(38(25)33(28)42)32(41)35-27-10-6-8-23-7-4-5-9-26(23)27/h4-5,7,9,11-14,21,25,27-29H,3,6,8,10,15-20H2,1-2H3,(H,35,41)(H,36,40)/t21-,25-,27?,28+,29+/m1/s1. The third-order valence-corrected chi connectivity index (χ3v) is 9.18. The van der Waals surface area contributed by atoms with Crippen LogP contribution in [0.3, 0.4) is 0 Å². The molecule has 5 atom stereocenters. The highest BCUT2D eigenvalue weighted by atomic mass is 19.1. The van der Waals surface area contributed by atoms with E-state index in [-0.39, 0.29) is 60.4 Å². The summed E-state index contributed by atoms with van der Waals surface area (Å²) >= 11 is 0. The van der Waals surface area contributed by atoms with E-state index in [1.165, 1.54) is 17.7 Å². The van der Waals surface area contributed by atoms with E-state index in [0.717, 1.165) is 24.8 Å². The van der Waals surface area contributed by atoms with Crippen molar-refractivity contribution in [3.8, 4) is 0 Å². The van der Waals surface area contributed by atoms with Crippen LogP contribution in [0.15, 0.2) is 48.5 Å². The van der Waals surface area contributed by atoms with E-state index < -0.39 is 12.1 Å². The summed E-state index contributed by atoms with van der Waals surface area (Å²) in [5, 5.41) is 6.14. The maximum Gasteiger partial charge on any atom is 0.247 e. The SMILES string of the molecule is CC[C@@H](C)C(=O)N[C@H]1CN(C(=O)Cc2ccc(F)cc2)CC[C@H]2CC[C@@H](C(=O)NC3CCCc4ccccc43)N2C1=O. The predicted octanol–water partition coefficient (Wildman–Crippen LogP) is 3.68. The van der Waals surface area contributed by atoms with Crippen molar-refractivity contribution in [1.29, 1.82) is 0 Å². The zero-order valence-corrected chi connectivity index (χ0v) is 24.5. The number of carbonyl (C=O) groups is 4. The molecule has 2 aromatic rings. The van der Waals surface area contributed by atoms with Crippen molar-refractivity contribution in [3.05, 3.63) is 71.0 Å². The highest BCUT2D eigenvalue weighted by molar-refractivity contribution is 5.94. The molecular weight excluding hydrogens is 535 g/mol. The van der Waals surface area contributed by atoms with Crippen molar-refractivity contribution in [2.45, 2.75) is 89.4 Å². The second kappa shape index (κ2) is 13.0. The van der Waals surface area contributed by atoms with E-state index >= 15 is 0 Å². The van der Waals surface area contributed by atoms with Gasteiger partial charge in [0.05, 0.1) is 12.5 Å². The van der Waals surface area contributed by atoms with E-state index in [1.807, 2.05) is 19.1 Å². The van der Waals surface area contributed by atoms with E-state index in [9.17, 15) is 23.6 Å². The van der Waals surface area contributed by atoms with E-state index in [1.54, 1.807) is 28.9 Å². The van der Waals surface area contributed by atoms with E-state index in [2.05, 4.69) is 22.8 Å². The quantitative estimate of drug-likeness (QED) is 0.526. The maximum absolute atomic E-state index is 14.1. The second-order valence-corrected chi connectivity index (χ2v) is 11.9. The van der Waals surface area contributed by atoms with Crippen LogP contribution in [0.25, 0.3) is 0 Å². The Morgan fingerprint density at radius 1 is 0.976 bits per heavy atom. The lowest BCUT2D eigenvalue weighted by atomic mass is 9.87. The number of fused-ring (bicyclic) bond motifs is 2. The number of aryl methyl sites for hydroxylation is 1. The Labute approximate surface area is 247 Å². The molecule has 2 N–H and O–H groups in total. The van der Waals surface area contributed by atoms with Crippen LogP contribution < -0.4 is 10.6 Å². The van der Waals surface area contributed by atoms with Crippen molar-refractivity contribution in [2.24, 2.45) is 5.92 Å². The second-order valence-electron chi connectivity index (χ2n) is 11.9. The topological polar surface area (TPSA) is 98.8 Å². The number of carbonyl (C=O) groups excluding carboxylic acids is 4. The lowest BCUT2D eigenvalue weighted by Gasteiger charge is -2.39. The Morgan fingerprint density at radius 2 is 1.74 bits per heavy atom. The van der Waals surface area contributed by atoms with Crippen molar-refractivity contribution in [1.82, 2.24) is 20.4 Å². The Morgan fingerprint density at radius 3 is 2.50 bits per heavy atom. The molecule has 0 saturated carbocycles. The molecule has 8 nitrogen and oxygen atoms in total. The molecule has 3 aliphatic rings. The van der Waals surface area contributed by atoms with Crippen LogP contribution in [-0.2, 0) is 32.0 Å². The minimum Gasteiger partial charge on any atom is -0.347 e. The molecule has 4 amide bonds. The van der Waals surface area contributed by atoms with Crippen molar-refractivity contribution < 1.29 is 23.6 Å². The molecule has 2 fully saturated rings. The molecule has 1 unspecified atom stereocenters. The molecule has 2 saturated heterocycles. The molecule has 42 heavy (non-hydrogen) atoms. The molecule has 9 heteroatoms. The first-order valence-corrected chi connectivity index (χ1v) is 15.3. The molecule has 0 spiro atoms. The normalized spacial score (nSPS) is 24.6.